The van der Waals surface area contributed by atoms with Gasteiger partial charge in [-0.15, -0.1) is 0 Å². The van der Waals surface area contributed by atoms with E-state index in [9.17, 15) is 14.4 Å². The highest BCUT2D eigenvalue weighted by atomic mass is 16.5. The van der Waals surface area contributed by atoms with Gasteiger partial charge >= 0.3 is 0 Å². The maximum Gasteiger partial charge on any atom is 0.244 e. The predicted octanol–water partition coefficient (Wildman–Crippen LogP) is 9.41. The number of aryl methyl sites for hydroxylation is 3. The van der Waals surface area contributed by atoms with Gasteiger partial charge in [0.2, 0.25) is 17.7 Å². The van der Waals surface area contributed by atoms with Crippen molar-refractivity contribution in [3.63, 3.8) is 0 Å². The van der Waals surface area contributed by atoms with Crippen molar-refractivity contribution in [2.75, 3.05) is 129 Å². The third-order valence-corrected chi connectivity index (χ3v) is 23.6. The first-order valence-electron chi connectivity index (χ1n) is 40.4. The number of rotatable bonds is 14. The lowest BCUT2D eigenvalue weighted by Crippen LogP contribution is -2.42. The molecule has 12 aromatic heterocycles. The summed E-state index contributed by atoms with van der Waals surface area (Å²) >= 11 is 0. The van der Waals surface area contributed by atoms with Crippen molar-refractivity contribution in [3.05, 3.63) is 143 Å². The van der Waals surface area contributed by atoms with Crippen molar-refractivity contribution in [3.8, 4) is 33.8 Å². The largest absolute Gasteiger partial charge is 0.383 e. The quantitative estimate of drug-likeness (QED) is 0.0489. The Labute approximate surface area is 674 Å². The molecule has 0 spiro atoms. The van der Waals surface area contributed by atoms with Crippen molar-refractivity contribution in [2.45, 2.75) is 136 Å². The lowest BCUT2D eigenvalue weighted by Gasteiger charge is -2.27. The molecule has 12 aromatic rings. The van der Waals surface area contributed by atoms with Crippen molar-refractivity contribution in [1.29, 1.82) is 0 Å². The highest BCUT2D eigenvalue weighted by Gasteiger charge is 2.34. The van der Waals surface area contributed by atoms with E-state index in [2.05, 4.69) is 97.9 Å². The summed E-state index contributed by atoms with van der Waals surface area (Å²) in [6.45, 7) is 17.0. The lowest BCUT2D eigenvalue weighted by atomic mass is 9.99. The van der Waals surface area contributed by atoms with Gasteiger partial charge in [0.05, 0.1) is 89.2 Å². The summed E-state index contributed by atoms with van der Waals surface area (Å²) in [7, 11) is 1.65. The number of ether oxygens (including phenoxy) is 3. The molecule has 3 amide bonds. The van der Waals surface area contributed by atoms with Crippen molar-refractivity contribution < 1.29 is 28.6 Å². The second-order valence-corrected chi connectivity index (χ2v) is 31.3. The summed E-state index contributed by atoms with van der Waals surface area (Å²) in [6, 6.07) is 18.3. The molecule has 0 aromatic carbocycles. The Kier molecular flexibility index (Phi) is 20.8. The van der Waals surface area contributed by atoms with Crippen LogP contribution in [0, 0.1) is 20.8 Å². The first-order chi connectivity index (χ1) is 57.0. The summed E-state index contributed by atoms with van der Waals surface area (Å²) in [6.07, 6.45) is 21.1. The molecule has 602 valence electrons. The van der Waals surface area contributed by atoms with Crippen LogP contribution in [0.4, 0.5) is 69.4 Å². The first-order valence-corrected chi connectivity index (χ1v) is 40.4. The average molecular weight is 1580 g/mol. The topological polar surface area (TPSA) is 408 Å². The van der Waals surface area contributed by atoms with Crippen LogP contribution in [0.5, 0.6) is 0 Å². The smallest absolute Gasteiger partial charge is 0.244 e. The number of fused-ring (bicyclic) bond motifs is 9. The van der Waals surface area contributed by atoms with E-state index < -0.39 is 0 Å². The van der Waals surface area contributed by atoms with Gasteiger partial charge in [0, 0.05) is 184 Å². The number of methoxy groups -OCH3 is 1. The van der Waals surface area contributed by atoms with Gasteiger partial charge in [-0.25, -0.2) is 29.9 Å². The molecule has 3 atom stereocenters. The number of aromatic nitrogens is 15. The molecule has 8 aliphatic heterocycles. The van der Waals surface area contributed by atoms with E-state index in [-0.39, 0.29) is 55.5 Å². The van der Waals surface area contributed by atoms with E-state index in [0.717, 1.165) is 231 Å². The van der Waals surface area contributed by atoms with Crippen molar-refractivity contribution in [1.82, 2.24) is 88.9 Å². The summed E-state index contributed by atoms with van der Waals surface area (Å²) in [5, 5.41) is 39.5. The van der Waals surface area contributed by atoms with Crippen LogP contribution in [0.2, 0.25) is 0 Å². The van der Waals surface area contributed by atoms with E-state index in [0.29, 0.717) is 98.2 Å². The summed E-state index contributed by atoms with van der Waals surface area (Å²) in [5.74, 6) is 5.36. The number of anilines is 12. The Morgan fingerprint density at radius 1 is 0.462 bits per heavy atom. The highest BCUT2D eigenvalue weighted by molar-refractivity contribution is 5.98. The molecule has 33 nitrogen and oxygen atoms in total. The van der Waals surface area contributed by atoms with Gasteiger partial charge in [0.25, 0.3) is 0 Å². The number of carbonyl (C=O) groups is 3. The molecule has 20 rings (SSSR count). The van der Waals surface area contributed by atoms with Gasteiger partial charge in [0.15, 0.2) is 17.5 Å². The van der Waals surface area contributed by atoms with Crippen molar-refractivity contribution in [2.24, 2.45) is 0 Å². The normalized spacial score (nSPS) is 17.9. The molecule has 0 bridgehead atoms. The molecular weight excluding hydrogens is 1480 g/mol. The fourth-order valence-electron chi connectivity index (χ4n) is 17.4. The molecule has 0 saturated carbocycles. The molecule has 33 heteroatoms. The number of hydrogen-bond acceptors (Lipinski definition) is 27. The molecule has 2 unspecified atom stereocenters. The molecule has 117 heavy (non-hydrogen) atoms. The second-order valence-electron chi connectivity index (χ2n) is 31.3. The third kappa shape index (κ3) is 15.4. The van der Waals surface area contributed by atoms with E-state index in [1.165, 1.54) is 0 Å². The zero-order valence-electron chi connectivity index (χ0n) is 66.3. The number of nitrogen functional groups attached to an aromatic ring is 3. The monoisotopic (exact) mass is 1580 g/mol. The van der Waals surface area contributed by atoms with E-state index >= 15 is 0 Å². The summed E-state index contributed by atoms with van der Waals surface area (Å²) in [4.78, 5) is 86.2. The Morgan fingerprint density at radius 2 is 0.821 bits per heavy atom. The van der Waals surface area contributed by atoms with Crippen LogP contribution in [-0.2, 0) is 86.8 Å². The van der Waals surface area contributed by atoms with Gasteiger partial charge in [-0.2, -0.15) is 15.3 Å². The number of nitrogens with two attached hydrogens (primary N) is 3. The summed E-state index contributed by atoms with van der Waals surface area (Å²) < 4.78 is 21.6. The van der Waals surface area contributed by atoms with Crippen LogP contribution in [-0.4, -0.2) is 204 Å². The van der Waals surface area contributed by atoms with Crippen LogP contribution < -0.4 is 49.1 Å². The zero-order valence-corrected chi connectivity index (χ0v) is 66.3. The fraction of sp³-hybridized carbons (Fsp3) is 0.393. The van der Waals surface area contributed by atoms with E-state index in [1.54, 1.807) is 39.7 Å². The predicted molar refractivity (Wildman–Crippen MR) is 449 cm³/mol. The van der Waals surface area contributed by atoms with Gasteiger partial charge < -0.3 is 78.0 Å². The third-order valence-electron chi connectivity index (χ3n) is 23.6. The average Bonchev–Trinajstić information content (AvgIpc) is 1.72. The first kappa shape index (κ1) is 75.6. The van der Waals surface area contributed by atoms with Gasteiger partial charge in [-0.3, -0.25) is 43.4 Å². The van der Waals surface area contributed by atoms with Crippen LogP contribution >= 0.6 is 0 Å². The molecule has 8 aliphatic rings. The minimum absolute atomic E-state index is 0.0236. The SMILES string of the molecule is COC[C@@H](C)N1CCc2cc(Nc3cc4cc(-c5cnc6c(c5C)NCCC6)nc(N)c4cn3)nn2CC1=O.Cc1c(-c2cc3cc(Nc4cc5n(n4)CC(=O)N(C4CCOC4)CC5)ncc3c(N)n2)cnc2c1NCCC2.Cc1c(-c2cc3cc(Nc4cc5n(n4)CC(=O)N(C4CCOC4)CC5)ncc3c(N)n2)cnc2c1NCCC2. The maximum absolute atomic E-state index is 12.9. The van der Waals surface area contributed by atoms with Crippen LogP contribution in [0.15, 0.2) is 91.8 Å². The lowest BCUT2D eigenvalue weighted by molar-refractivity contribution is -0.135. The Morgan fingerprint density at radius 3 is 1.17 bits per heavy atom. The van der Waals surface area contributed by atoms with Gasteiger partial charge in [0.1, 0.15) is 54.5 Å². The fourth-order valence-corrected chi connectivity index (χ4v) is 17.4. The van der Waals surface area contributed by atoms with Gasteiger partial charge in [-0.1, -0.05) is 0 Å². The second kappa shape index (κ2) is 32.1. The standard InChI is InChI=1S/2C28H31N9O2.C28H33N9O2/c2*1-16-20(12-31-22-3-2-6-30-27(16)22)23-9-17-10-24(32-13-21(17)28(29)33-23)34-25-11-18-4-7-36(19-5-8-39-15-19)26(38)14-37(18)35-25;1-16(15-39-3)36-8-6-19-11-25(35-37(19)14-26(36)38)34-24-10-18-9-23(33-28(29)21(18)13-32-24)20-12-31-22-5-4-7-30-27(22)17(20)2/h2*9-13,19,30H,2-8,14-15H2,1H3,(H2,29,33)(H,32,34,35);9-13,16,30H,4-8,14-15H2,1-3H3,(H2,29,33)(H,32,34,35)/t;;16-/m..1/s1. The molecule has 2 saturated heterocycles. The number of carbonyl (C=O) groups excluding carboxylic acids is 3. The Bertz CT molecular complexity index is 5630. The Hall–Kier alpha value is -12.8. The van der Waals surface area contributed by atoms with Crippen molar-refractivity contribution >= 4 is 119 Å². The number of hydrogen-bond donors (Lipinski definition) is 9. The highest BCUT2D eigenvalue weighted by Crippen LogP contribution is 2.40. The molecule has 12 N–H and O–H groups in total. The minimum Gasteiger partial charge on any atom is -0.383 e. The number of amides is 3. The van der Waals surface area contributed by atoms with Crippen LogP contribution in [0.25, 0.3) is 66.1 Å². The molecule has 0 radical (unpaired) electrons. The number of pyridine rings is 9. The van der Waals surface area contributed by atoms with Crippen LogP contribution in [0.1, 0.15) is 89.9 Å². The Balaban J connectivity index is 0.000000121. The number of nitrogens with zero attached hydrogens (tertiary/aromatic N) is 18. The van der Waals surface area contributed by atoms with E-state index in [4.69, 9.17) is 46.4 Å². The molecule has 20 heterocycles. The van der Waals surface area contributed by atoms with E-state index in [1.807, 2.05) is 94.8 Å². The minimum atomic E-state index is 0.0236. The molecule has 0 aliphatic carbocycles. The number of nitrogens with one attached hydrogen (secondary N) is 6. The maximum atomic E-state index is 12.9. The van der Waals surface area contributed by atoms with Gasteiger partial charge in [-0.05, 0) is 148 Å². The molecular formula is C84H95N27O6. The summed E-state index contributed by atoms with van der Waals surface area (Å²) in [5.41, 5.74) is 37.4. The molecule has 2 fully saturated rings. The van der Waals surface area contributed by atoms with Crippen LogP contribution in [0.3, 0.4) is 0 Å². The zero-order chi connectivity index (χ0) is 80.1.